The van der Waals surface area contributed by atoms with Crippen LogP contribution in [0.1, 0.15) is 43.4 Å². The van der Waals surface area contributed by atoms with Gasteiger partial charge in [0.1, 0.15) is 5.65 Å². The van der Waals surface area contributed by atoms with Gasteiger partial charge >= 0.3 is 0 Å². The molecule has 5 rings (SSSR count). The Kier molecular flexibility index (Phi) is 6.09. The number of nitrogens with zero attached hydrogens (tertiary/aromatic N) is 3. The van der Waals surface area contributed by atoms with E-state index >= 15 is 0 Å². The molecule has 0 radical (unpaired) electrons. The SMILES string of the molecule is O=C(NC1CCCCN1CCCCc1ccccc1)C1=Cc2cnc3cccc(n23)S1. The van der Waals surface area contributed by atoms with E-state index in [2.05, 4.69) is 49.9 Å². The number of hydrogen-bond acceptors (Lipinski definition) is 4. The molecular formula is C25H28N4OS. The van der Waals surface area contributed by atoms with Crippen molar-refractivity contribution in [1.29, 1.82) is 0 Å². The first-order chi connectivity index (χ1) is 15.3. The molecule has 0 aliphatic carbocycles. The van der Waals surface area contributed by atoms with Crippen molar-refractivity contribution >= 4 is 29.4 Å². The third kappa shape index (κ3) is 4.55. The number of aryl methyl sites for hydroxylation is 1. The number of carbonyl (C=O) groups is 1. The zero-order chi connectivity index (χ0) is 21.0. The summed E-state index contributed by atoms with van der Waals surface area (Å²) in [4.78, 5) is 20.8. The Morgan fingerprint density at radius 1 is 1.10 bits per heavy atom. The van der Waals surface area contributed by atoms with Crippen molar-refractivity contribution in [3.8, 4) is 0 Å². The molecule has 31 heavy (non-hydrogen) atoms. The van der Waals surface area contributed by atoms with Gasteiger partial charge in [-0.25, -0.2) is 4.98 Å². The number of aromatic nitrogens is 2. The largest absolute Gasteiger partial charge is 0.336 e. The topological polar surface area (TPSA) is 49.6 Å². The van der Waals surface area contributed by atoms with E-state index in [0.29, 0.717) is 0 Å². The van der Waals surface area contributed by atoms with Crippen molar-refractivity contribution < 1.29 is 4.79 Å². The zero-order valence-corrected chi connectivity index (χ0v) is 18.5. The lowest BCUT2D eigenvalue weighted by Crippen LogP contribution is -2.51. The lowest BCUT2D eigenvalue weighted by atomic mass is 10.1. The van der Waals surface area contributed by atoms with Gasteiger partial charge in [0, 0.05) is 13.1 Å². The predicted octanol–water partition coefficient (Wildman–Crippen LogP) is 4.73. The van der Waals surface area contributed by atoms with Crippen LogP contribution in [0.5, 0.6) is 0 Å². The Balaban J connectivity index is 1.19. The molecule has 3 aromatic rings. The second-order valence-electron chi connectivity index (χ2n) is 8.32. The number of amides is 1. The number of imidazole rings is 1. The number of carbonyl (C=O) groups excluding carboxylic acids is 1. The molecule has 2 aliphatic heterocycles. The minimum atomic E-state index is 0.0237. The molecule has 2 aliphatic rings. The molecule has 1 unspecified atom stereocenters. The van der Waals surface area contributed by atoms with Crippen molar-refractivity contribution in [2.24, 2.45) is 0 Å². The lowest BCUT2D eigenvalue weighted by molar-refractivity contribution is -0.119. The fourth-order valence-electron chi connectivity index (χ4n) is 4.53. The van der Waals surface area contributed by atoms with Gasteiger partial charge in [0.05, 0.1) is 28.0 Å². The van der Waals surface area contributed by atoms with Crippen molar-refractivity contribution in [1.82, 2.24) is 19.6 Å². The Morgan fingerprint density at radius 3 is 2.90 bits per heavy atom. The average Bonchev–Trinajstić information content (AvgIpc) is 3.23. The smallest absolute Gasteiger partial charge is 0.259 e. The van der Waals surface area contributed by atoms with Crippen LogP contribution in [-0.4, -0.2) is 39.4 Å². The van der Waals surface area contributed by atoms with Gasteiger partial charge in [0.2, 0.25) is 0 Å². The van der Waals surface area contributed by atoms with Gasteiger partial charge in [-0.15, -0.1) is 0 Å². The number of rotatable bonds is 7. The van der Waals surface area contributed by atoms with E-state index in [1.807, 2.05) is 30.5 Å². The minimum absolute atomic E-state index is 0.0237. The summed E-state index contributed by atoms with van der Waals surface area (Å²) in [6.45, 7) is 2.10. The highest BCUT2D eigenvalue weighted by Gasteiger charge is 2.26. The Bertz CT molecular complexity index is 1090. The first kappa shape index (κ1) is 20.3. The quantitative estimate of drug-likeness (QED) is 0.548. The number of piperidine rings is 1. The van der Waals surface area contributed by atoms with E-state index in [-0.39, 0.29) is 12.1 Å². The number of unbranched alkanes of at least 4 members (excludes halogenated alkanes) is 1. The molecule has 1 N–H and O–H groups in total. The van der Waals surface area contributed by atoms with Crippen LogP contribution in [0.15, 0.2) is 64.7 Å². The summed E-state index contributed by atoms with van der Waals surface area (Å²) in [7, 11) is 0. The van der Waals surface area contributed by atoms with Gasteiger partial charge in [0.15, 0.2) is 0 Å². The highest BCUT2D eigenvalue weighted by Crippen LogP contribution is 2.34. The van der Waals surface area contributed by atoms with Gasteiger partial charge in [-0.05, 0) is 62.3 Å². The summed E-state index contributed by atoms with van der Waals surface area (Å²) >= 11 is 1.52. The highest BCUT2D eigenvalue weighted by atomic mass is 32.2. The molecule has 0 saturated carbocycles. The van der Waals surface area contributed by atoms with Crippen molar-refractivity contribution in [2.45, 2.75) is 49.7 Å². The average molecular weight is 433 g/mol. The van der Waals surface area contributed by atoms with Crippen LogP contribution in [-0.2, 0) is 11.2 Å². The van der Waals surface area contributed by atoms with Gasteiger partial charge in [0.25, 0.3) is 5.91 Å². The summed E-state index contributed by atoms with van der Waals surface area (Å²) in [5, 5.41) is 4.36. The van der Waals surface area contributed by atoms with Crippen LogP contribution in [0.3, 0.4) is 0 Å². The van der Waals surface area contributed by atoms with Crippen molar-refractivity contribution in [3.05, 3.63) is 70.9 Å². The molecule has 0 bridgehead atoms. The second kappa shape index (κ2) is 9.28. The van der Waals surface area contributed by atoms with E-state index in [1.54, 1.807) is 0 Å². The summed E-state index contributed by atoms with van der Waals surface area (Å²) < 4.78 is 2.10. The first-order valence-electron chi connectivity index (χ1n) is 11.2. The highest BCUT2D eigenvalue weighted by molar-refractivity contribution is 8.04. The molecule has 6 heteroatoms. The van der Waals surface area contributed by atoms with Crippen LogP contribution in [0.4, 0.5) is 0 Å². The summed E-state index contributed by atoms with van der Waals surface area (Å²) in [6, 6.07) is 16.7. The van der Waals surface area contributed by atoms with Crippen LogP contribution in [0.2, 0.25) is 0 Å². The molecule has 1 saturated heterocycles. The van der Waals surface area contributed by atoms with Crippen LogP contribution < -0.4 is 5.32 Å². The number of benzene rings is 1. The van der Waals surface area contributed by atoms with Crippen molar-refractivity contribution in [3.63, 3.8) is 0 Å². The fraction of sp³-hybridized carbons (Fsp3) is 0.360. The van der Waals surface area contributed by atoms with Gasteiger partial charge in [-0.3, -0.25) is 14.1 Å². The second-order valence-corrected chi connectivity index (χ2v) is 9.38. The van der Waals surface area contributed by atoms with Gasteiger partial charge in [-0.2, -0.15) is 0 Å². The molecule has 5 nitrogen and oxygen atoms in total. The Morgan fingerprint density at radius 2 is 2.00 bits per heavy atom. The number of nitrogens with one attached hydrogen (secondary N) is 1. The standard InChI is InChI=1S/C25H28N4OS/c30-25(21-17-20-18-26-22-13-8-14-24(31-21)29(20)22)27-23-12-5-7-16-28(23)15-6-4-11-19-9-2-1-3-10-19/h1-3,8-10,13-14,17-18,23H,4-7,11-12,15-16H2,(H,27,30). The maximum Gasteiger partial charge on any atom is 0.259 e. The third-order valence-corrected chi connectivity index (χ3v) is 7.20. The molecule has 160 valence electrons. The van der Waals surface area contributed by atoms with Crippen molar-refractivity contribution in [2.75, 3.05) is 13.1 Å². The lowest BCUT2D eigenvalue weighted by Gasteiger charge is -2.36. The summed E-state index contributed by atoms with van der Waals surface area (Å²) in [5.41, 5.74) is 3.29. The van der Waals surface area contributed by atoms with E-state index in [9.17, 15) is 4.79 Å². The number of hydrogen-bond donors (Lipinski definition) is 1. The molecule has 1 fully saturated rings. The third-order valence-electron chi connectivity index (χ3n) is 6.15. The zero-order valence-electron chi connectivity index (χ0n) is 17.7. The summed E-state index contributed by atoms with van der Waals surface area (Å²) in [6.07, 6.45) is 10.8. The number of likely N-dealkylation sites (tertiary alicyclic amines) is 1. The monoisotopic (exact) mass is 432 g/mol. The molecule has 1 amide bonds. The molecular weight excluding hydrogens is 404 g/mol. The molecule has 4 heterocycles. The van der Waals surface area contributed by atoms with Crippen LogP contribution in [0, 0.1) is 0 Å². The van der Waals surface area contributed by atoms with E-state index in [4.69, 9.17) is 0 Å². The normalized spacial score (nSPS) is 18.7. The van der Waals surface area contributed by atoms with E-state index in [0.717, 1.165) is 53.6 Å². The van der Waals surface area contributed by atoms with Crippen LogP contribution >= 0.6 is 11.8 Å². The molecule has 1 aromatic carbocycles. The van der Waals surface area contributed by atoms with Crippen LogP contribution in [0.25, 0.3) is 11.7 Å². The Labute approximate surface area is 187 Å². The van der Waals surface area contributed by atoms with Gasteiger partial charge < -0.3 is 5.32 Å². The number of pyridine rings is 1. The molecule has 1 atom stereocenters. The maximum absolute atomic E-state index is 13.1. The van der Waals surface area contributed by atoms with Gasteiger partial charge in [-0.1, -0.05) is 48.2 Å². The fourth-order valence-corrected chi connectivity index (χ4v) is 5.53. The first-order valence-corrected chi connectivity index (χ1v) is 12.0. The predicted molar refractivity (Wildman–Crippen MR) is 126 cm³/mol. The Hall–Kier alpha value is -2.57. The van der Waals surface area contributed by atoms with E-state index in [1.165, 1.54) is 36.6 Å². The van der Waals surface area contributed by atoms with E-state index < -0.39 is 0 Å². The minimum Gasteiger partial charge on any atom is -0.336 e. The summed E-state index contributed by atoms with van der Waals surface area (Å²) in [5.74, 6) is 0.0237. The maximum atomic E-state index is 13.1. The number of thioether (sulfide) groups is 1. The molecule has 2 aromatic heterocycles. The molecule has 0 spiro atoms.